The minimum Gasteiger partial charge on any atom is -0.459 e. The summed E-state index contributed by atoms with van der Waals surface area (Å²) in [5, 5.41) is 3.82. The van der Waals surface area contributed by atoms with Crippen LogP contribution in [0.2, 0.25) is 0 Å². The first-order valence-electron chi connectivity index (χ1n) is 8.66. The SMILES string of the molecule is O=C(Nc1ccc(Oc2ncnc3sc4c(c23)CCC4)cc1)c1ccco1. The van der Waals surface area contributed by atoms with Crippen molar-refractivity contribution in [3.8, 4) is 11.6 Å². The lowest BCUT2D eigenvalue weighted by Crippen LogP contribution is -2.10. The van der Waals surface area contributed by atoms with Gasteiger partial charge in [-0.25, -0.2) is 9.97 Å². The van der Waals surface area contributed by atoms with Crippen molar-refractivity contribution in [2.24, 2.45) is 0 Å². The number of carbonyl (C=O) groups is 1. The fraction of sp³-hybridized carbons (Fsp3) is 0.150. The summed E-state index contributed by atoms with van der Waals surface area (Å²) in [6.45, 7) is 0. The second-order valence-corrected chi connectivity index (χ2v) is 7.36. The molecule has 0 saturated carbocycles. The Morgan fingerprint density at radius 3 is 2.85 bits per heavy atom. The van der Waals surface area contributed by atoms with E-state index < -0.39 is 0 Å². The molecule has 3 heterocycles. The van der Waals surface area contributed by atoms with Crippen LogP contribution in [0.5, 0.6) is 11.6 Å². The number of aromatic nitrogens is 2. The molecule has 4 aromatic rings. The summed E-state index contributed by atoms with van der Waals surface area (Å²) in [6.07, 6.45) is 6.35. The molecule has 1 aliphatic rings. The van der Waals surface area contributed by atoms with E-state index in [1.54, 1.807) is 54.1 Å². The van der Waals surface area contributed by atoms with Crippen LogP contribution in [0.15, 0.2) is 53.4 Å². The quantitative estimate of drug-likeness (QED) is 0.552. The van der Waals surface area contributed by atoms with Crippen molar-refractivity contribution >= 4 is 33.1 Å². The van der Waals surface area contributed by atoms with E-state index in [4.69, 9.17) is 9.15 Å². The number of aryl methyl sites for hydroxylation is 2. The van der Waals surface area contributed by atoms with Gasteiger partial charge >= 0.3 is 0 Å². The van der Waals surface area contributed by atoms with Gasteiger partial charge in [0.15, 0.2) is 5.76 Å². The maximum atomic E-state index is 12.0. The predicted octanol–water partition coefficient (Wildman–Crippen LogP) is 4.82. The molecule has 0 spiro atoms. The molecule has 1 aromatic carbocycles. The minimum atomic E-state index is -0.292. The highest BCUT2D eigenvalue weighted by molar-refractivity contribution is 7.18. The van der Waals surface area contributed by atoms with Crippen molar-refractivity contribution in [2.75, 3.05) is 5.32 Å². The van der Waals surface area contributed by atoms with Crippen LogP contribution in [0.1, 0.15) is 27.4 Å². The second kappa shape index (κ2) is 6.51. The summed E-state index contributed by atoms with van der Waals surface area (Å²) >= 11 is 1.73. The van der Waals surface area contributed by atoms with Gasteiger partial charge in [0.2, 0.25) is 5.88 Å². The van der Waals surface area contributed by atoms with E-state index in [0.29, 0.717) is 17.3 Å². The highest BCUT2D eigenvalue weighted by atomic mass is 32.1. The number of hydrogen-bond acceptors (Lipinski definition) is 6. The molecule has 27 heavy (non-hydrogen) atoms. The zero-order valence-electron chi connectivity index (χ0n) is 14.3. The number of amides is 1. The normalized spacial score (nSPS) is 12.9. The molecule has 0 saturated heterocycles. The molecule has 134 valence electrons. The fourth-order valence-corrected chi connectivity index (χ4v) is 4.51. The molecule has 6 nitrogen and oxygen atoms in total. The minimum absolute atomic E-state index is 0.269. The molecule has 0 atom stereocenters. The number of hydrogen-bond donors (Lipinski definition) is 1. The molecule has 5 rings (SSSR count). The molecule has 0 fully saturated rings. The van der Waals surface area contributed by atoms with E-state index >= 15 is 0 Å². The molecule has 0 aliphatic heterocycles. The van der Waals surface area contributed by atoms with Crippen molar-refractivity contribution in [1.82, 2.24) is 9.97 Å². The number of carbonyl (C=O) groups excluding carboxylic acids is 1. The number of thiophene rings is 1. The fourth-order valence-electron chi connectivity index (χ4n) is 3.30. The number of furan rings is 1. The number of nitrogens with zero attached hydrogens (tertiary/aromatic N) is 2. The van der Waals surface area contributed by atoms with Crippen LogP contribution < -0.4 is 10.1 Å². The standard InChI is InChI=1S/C20H15N3O3S/c24-18(15-4-2-10-25-15)23-12-6-8-13(9-7-12)26-19-17-14-3-1-5-16(14)27-20(17)22-11-21-19/h2,4,6-11H,1,3,5H2,(H,23,24). The summed E-state index contributed by atoms with van der Waals surface area (Å²) in [7, 11) is 0. The van der Waals surface area contributed by atoms with Crippen LogP contribution in [-0.2, 0) is 12.8 Å². The zero-order chi connectivity index (χ0) is 18.2. The molecule has 1 N–H and O–H groups in total. The first-order valence-corrected chi connectivity index (χ1v) is 9.47. The Labute approximate surface area is 158 Å². The maximum absolute atomic E-state index is 12.0. The van der Waals surface area contributed by atoms with Gasteiger partial charge in [0.25, 0.3) is 5.91 Å². The molecule has 1 amide bonds. The van der Waals surface area contributed by atoms with Gasteiger partial charge < -0.3 is 14.5 Å². The predicted molar refractivity (Wildman–Crippen MR) is 103 cm³/mol. The van der Waals surface area contributed by atoms with E-state index in [9.17, 15) is 4.79 Å². The topological polar surface area (TPSA) is 77.2 Å². The number of fused-ring (bicyclic) bond motifs is 3. The van der Waals surface area contributed by atoms with Gasteiger partial charge in [-0.1, -0.05) is 0 Å². The number of rotatable bonds is 4. The third-order valence-corrected chi connectivity index (χ3v) is 5.74. The van der Waals surface area contributed by atoms with Crippen molar-refractivity contribution in [2.45, 2.75) is 19.3 Å². The lowest BCUT2D eigenvalue weighted by molar-refractivity contribution is 0.0996. The van der Waals surface area contributed by atoms with E-state index in [1.165, 1.54) is 23.1 Å². The van der Waals surface area contributed by atoms with Gasteiger partial charge in [-0.3, -0.25) is 4.79 Å². The van der Waals surface area contributed by atoms with E-state index in [1.807, 2.05) is 0 Å². The third-order valence-electron chi connectivity index (χ3n) is 4.54. The Morgan fingerprint density at radius 1 is 1.15 bits per heavy atom. The highest BCUT2D eigenvalue weighted by Gasteiger charge is 2.22. The molecule has 0 unspecified atom stereocenters. The molecule has 1 aliphatic carbocycles. The molecular weight excluding hydrogens is 362 g/mol. The largest absolute Gasteiger partial charge is 0.459 e. The molecule has 0 bridgehead atoms. The van der Waals surface area contributed by atoms with Crippen LogP contribution in [0.3, 0.4) is 0 Å². The van der Waals surface area contributed by atoms with Crippen LogP contribution in [0.4, 0.5) is 5.69 Å². The summed E-state index contributed by atoms with van der Waals surface area (Å²) < 4.78 is 11.1. The molecular formula is C20H15N3O3S. The van der Waals surface area contributed by atoms with Crippen LogP contribution >= 0.6 is 11.3 Å². The molecule has 7 heteroatoms. The number of anilines is 1. The van der Waals surface area contributed by atoms with Crippen LogP contribution in [-0.4, -0.2) is 15.9 Å². The van der Waals surface area contributed by atoms with Crippen LogP contribution in [0.25, 0.3) is 10.2 Å². The Morgan fingerprint density at radius 2 is 2.04 bits per heavy atom. The van der Waals surface area contributed by atoms with Gasteiger partial charge in [0, 0.05) is 10.6 Å². The summed E-state index contributed by atoms with van der Waals surface area (Å²) in [6, 6.07) is 10.5. The van der Waals surface area contributed by atoms with Gasteiger partial charge in [0.05, 0.1) is 11.6 Å². The van der Waals surface area contributed by atoms with Crippen molar-refractivity contribution in [3.05, 3.63) is 65.2 Å². The lowest BCUT2D eigenvalue weighted by Gasteiger charge is -2.08. The van der Waals surface area contributed by atoms with Crippen molar-refractivity contribution in [3.63, 3.8) is 0 Å². The average molecular weight is 377 g/mol. The van der Waals surface area contributed by atoms with Crippen LogP contribution in [0, 0.1) is 0 Å². The average Bonchev–Trinajstić information content (AvgIpc) is 3.40. The Hall–Kier alpha value is -3.19. The van der Waals surface area contributed by atoms with Gasteiger partial charge in [0.1, 0.15) is 16.9 Å². The monoisotopic (exact) mass is 377 g/mol. The summed E-state index contributed by atoms with van der Waals surface area (Å²) in [4.78, 5) is 23.1. The summed E-state index contributed by atoms with van der Waals surface area (Å²) in [5.41, 5.74) is 1.99. The van der Waals surface area contributed by atoms with Gasteiger partial charge in [-0.05, 0) is 61.2 Å². The Balaban J connectivity index is 1.37. The molecule has 0 radical (unpaired) electrons. The van der Waals surface area contributed by atoms with Gasteiger partial charge in [-0.15, -0.1) is 11.3 Å². The van der Waals surface area contributed by atoms with Gasteiger partial charge in [-0.2, -0.15) is 0 Å². The smallest absolute Gasteiger partial charge is 0.291 e. The third kappa shape index (κ3) is 2.96. The Bertz CT molecular complexity index is 1120. The first-order chi connectivity index (χ1) is 13.3. The number of nitrogens with one attached hydrogen (secondary N) is 1. The summed E-state index contributed by atoms with van der Waals surface area (Å²) in [5.74, 6) is 1.22. The lowest BCUT2D eigenvalue weighted by atomic mass is 10.2. The maximum Gasteiger partial charge on any atom is 0.291 e. The Kier molecular flexibility index (Phi) is 3.86. The first kappa shape index (κ1) is 16.0. The van der Waals surface area contributed by atoms with Crippen molar-refractivity contribution < 1.29 is 13.9 Å². The highest BCUT2D eigenvalue weighted by Crippen LogP contribution is 2.40. The number of benzene rings is 1. The molecule has 3 aromatic heterocycles. The zero-order valence-corrected chi connectivity index (χ0v) is 15.1. The second-order valence-electron chi connectivity index (χ2n) is 6.27. The van der Waals surface area contributed by atoms with E-state index in [2.05, 4.69) is 15.3 Å². The van der Waals surface area contributed by atoms with E-state index in [0.717, 1.165) is 23.1 Å². The van der Waals surface area contributed by atoms with Crippen molar-refractivity contribution in [1.29, 1.82) is 0 Å². The van der Waals surface area contributed by atoms with E-state index in [-0.39, 0.29) is 11.7 Å². The number of ether oxygens (including phenoxy) is 1.